The molecule has 2 aromatic rings. The summed E-state index contributed by atoms with van der Waals surface area (Å²) in [6, 6.07) is 14.3. The Morgan fingerprint density at radius 3 is 2.36 bits per heavy atom. The molecule has 3 rings (SSSR count). The molecule has 39 heavy (non-hydrogen) atoms. The maximum atomic E-state index is 13.6. The molecular weight excluding hydrogens is 514 g/mol. The predicted molar refractivity (Wildman–Crippen MR) is 155 cm³/mol. The Morgan fingerprint density at radius 1 is 1.08 bits per heavy atom. The summed E-state index contributed by atoms with van der Waals surface area (Å²) >= 11 is 0. The lowest BCUT2D eigenvalue weighted by Crippen LogP contribution is -2.51. The lowest BCUT2D eigenvalue weighted by atomic mass is 9.95. The average molecular weight is 558 g/mol. The molecule has 1 aliphatic rings. The van der Waals surface area contributed by atoms with Gasteiger partial charge in [-0.3, -0.25) is 13.9 Å². The van der Waals surface area contributed by atoms with Crippen molar-refractivity contribution in [3.63, 3.8) is 0 Å². The zero-order valence-corrected chi connectivity index (χ0v) is 24.5. The first-order valence-electron chi connectivity index (χ1n) is 13.9. The molecule has 2 aromatic carbocycles. The third-order valence-electron chi connectivity index (χ3n) is 7.29. The Kier molecular flexibility index (Phi) is 11.2. The highest BCUT2D eigenvalue weighted by molar-refractivity contribution is 7.92. The van der Waals surface area contributed by atoms with Gasteiger partial charge in [-0.1, -0.05) is 50.5 Å². The fourth-order valence-corrected chi connectivity index (χ4v) is 6.14. The maximum Gasteiger partial charge on any atom is 0.243 e. The van der Waals surface area contributed by atoms with Crippen LogP contribution in [0.25, 0.3) is 0 Å². The average Bonchev–Trinajstić information content (AvgIpc) is 2.91. The second-order valence-corrected chi connectivity index (χ2v) is 12.3. The molecule has 1 aliphatic carbocycles. The zero-order chi connectivity index (χ0) is 28.4. The first-order valence-corrected chi connectivity index (χ1v) is 15.7. The minimum atomic E-state index is -3.53. The van der Waals surface area contributed by atoms with Crippen molar-refractivity contribution in [3.05, 3.63) is 59.7 Å². The van der Waals surface area contributed by atoms with Crippen molar-refractivity contribution in [1.82, 2.24) is 10.2 Å². The van der Waals surface area contributed by atoms with E-state index in [2.05, 4.69) is 5.32 Å². The van der Waals surface area contributed by atoms with E-state index in [0.717, 1.165) is 42.6 Å². The van der Waals surface area contributed by atoms with E-state index in [-0.39, 0.29) is 37.4 Å². The largest absolute Gasteiger partial charge is 0.497 e. The summed E-state index contributed by atoms with van der Waals surface area (Å²) in [5.41, 5.74) is 2.43. The molecule has 1 unspecified atom stereocenters. The molecule has 0 bridgehead atoms. The molecule has 1 N–H and O–H groups in total. The van der Waals surface area contributed by atoms with Crippen LogP contribution in [-0.4, -0.2) is 57.1 Å². The first kappa shape index (κ1) is 30.5. The summed E-state index contributed by atoms with van der Waals surface area (Å²) in [6.07, 6.45) is 7.46. The van der Waals surface area contributed by atoms with E-state index in [1.807, 2.05) is 56.3 Å². The van der Waals surface area contributed by atoms with Gasteiger partial charge in [-0.25, -0.2) is 8.42 Å². The summed E-state index contributed by atoms with van der Waals surface area (Å²) in [6.45, 7) is 4.29. The van der Waals surface area contributed by atoms with Gasteiger partial charge >= 0.3 is 0 Å². The van der Waals surface area contributed by atoms with Crippen LogP contribution in [0.2, 0.25) is 0 Å². The van der Waals surface area contributed by atoms with Crippen molar-refractivity contribution in [2.24, 2.45) is 0 Å². The fourth-order valence-electron chi connectivity index (χ4n) is 5.18. The Labute approximate surface area is 233 Å². The van der Waals surface area contributed by atoms with Gasteiger partial charge in [-0.05, 0) is 68.0 Å². The highest BCUT2D eigenvalue weighted by atomic mass is 32.2. The molecule has 1 atom stereocenters. The van der Waals surface area contributed by atoms with Gasteiger partial charge in [-0.15, -0.1) is 0 Å². The molecule has 1 saturated carbocycles. The molecule has 9 heteroatoms. The molecule has 0 aromatic heterocycles. The van der Waals surface area contributed by atoms with Gasteiger partial charge in [0.05, 0.1) is 19.1 Å². The monoisotopic (exact) mass is 557 g/mol. The number of methoxy groups -OCH3 is 1. The van der Waals surface area contributed by atoms with Crippen LogP contribution < -0.4 is 14.4 Å². The molecular formula is C30H43N3O5S. The summed E-state index contributed by atoms with van der Waals surface area (Å²) < 4.78 is 31.7. The quantitative estimate of drug-likeness (QED) is 0.382. The molecule has 0 saturated heterocycles. The molecule has 0 aliphatic heterocycles. The number of nitrogens with zero attached hydrogens (tertiary/aromatic N) is 2. The van der Waals surface area contributed by atoms with Crippen molar-refractivity contribution in [2.75, 3.05) is 24.2 Å². The summed E-state index contributed by atoms with van der Waals surface area (Å²) in [7, 11) is -1.93. The minimum Gasteiger partial charge on any atom is -0.497 e. The van der Waals surface area contributed by atoms with Crippen molar-refractivity contribution < 1.29 is 22.7 Å². The summed E-state index contributed by atoms with van der Waals surface area (Å²) in [5, 5.41) is 3.19. The van der Waals surface area contributed by atoms with Gasteiger partial charge in [0.1, 0.15) is 11.8 Å². The molecule has 8 nitrogen and oxygen atoms in total. The van der Waals surface area contributed by atoms with Crippen LogP contribution in [0.15, 0.2) is 48.5 Å². The number of carbonyl (C=O) groups is 2. The first-order chi connectivity index (χ1) is 18.6. The van der Waals surface area contributed by atoms with Gasteiger partial charge in [-0.2, -0.15) is 0 Å². The lowest BCUT2D eigenvalue weighted by molar-refractivity contribution is -0.141. The topological polar surface area (TPSA) is 96.0 Å². The van der Waals surface area contributed by atoms with E-state index >= 15 is 0 Å². The smallest absolute Gasteiger partial charge is 0.243 e. The molecule has 0 spiro atoms. The number of anilines is 1. The highest BCUT2D eigenvalue weighted by Gasteiger charge is 2.30. The number of amides is 2. The molecule has 0 heterocycles. The second kappa shape index (κ2) is 14.4. The van der Waals surface area contributed by atoms with Crippen LogP contribution in [0, 0.1) is 6.92 Å². The second-order valence-electron chi connectivity index (χ2n) is 10.4. The van der Waals surface area contributed by atoms with Gasteiger partial charge in [0.15, 0.2) is 0 Å². The zero-order valence-electron chi connectivity index (χ0n) is 23.7. The molecule has 214 valence electrons. The number of sulfonamides is 1. The van der Waals surface area contributed by atoms with Crippen molar-refractivity contribution in [3.8, 4) is 5.75 Å². The van der Waals surface area contributed by atoms with Gasteiger partial charge in [0.2, 0.25) is 21.8 Å². The van der Waals surface area contributed by atoms with E-state index in [9.17, 15) is 18.0 Å². The number of aryl methyl sites for hydroxylation is 1. The normalized spacial score (nSPS) is 14.9. The van der Waals surface area contributed by atoms with Crippen LogP contribution in [0.5, 0.6) is 5.75 Å². The SMILES string of the molecule is CCC(C(=O)NC1CCCCC1)N(Cc1ccc(OC)cc1)C(=O)CCCN(c1cccc(C)c1)S(C)(=O)=O. The highest BCUT2D eigenvalue weighted by Crippen LogP contribution is 2.22. The predicted octanol–water partition coefficient (Wildman–Crippen LogP) is 4.81. The Morgan fingerprint density at radius 2 is 1.77 bits per heavy atom. The van der Waals surface area contributed by atoms with Crippen LogP contribution in [0.1, 0.15) is 69.4 Å². The molecule has 2 amide bonds. The van der Waals surface area contributed by atoms with Crippen LogP contribution >= 0.6 is 0 Å². The van der Waals surface area contributed by atoms with Crippen LogP contribution in [0.3, 0.4) is 0 Å². The number of nitrogens with one attached hydrogen (secondary N) is 1. The number of benzene rings is 2. The van der Waals surface area contributed by atoms with E-state index in [0.29, 0.717) is 18.5 Å². The van der Waals surface area contributed by atoms with Gasteiger partial charge < -0.3 is 15.0 Å². The lowest BCUT2D eigenvalue weighted by Gasteiger charge is -2.33. The van der Waals surface area contributed by atoms with Crippen LogP contribution in [-0.2, 0) is 26.2 Å². The minimum absolute atomic E-state index is 0.121. The number of ether oxygens (including phenoxy) is 1. The summed E-state index contributed by atoms with van der Waals surface area (Å²) in [4.78, 5) is 28.7. The van der Waals surface area contributed by atoms with E-state index < -0.39 is 16.1 Å². The van der Waals surface area contributed by atoms with Crippen molar-refractivity contribution >= 4 is 27.5 Å². The summed E-state index contributed by atoms with van der Waals surface area (Å²) in [5.74, 6) is 0.425. The van der Waals surface area contributed by atoms with Gasteiger partial charge in [0, 0.05) is 25.6 Å². The number of rotatable bonds is 13. The number of carbonyl (C=O) groups excluding carboxylic acids is 2. The van der Waals surface area contributed by atoms with Gasteiger partial charge in [0.25, 0.3) is 0 Å². The maximum absolute atomic E-state index is 13.6. The number of hydrogen-bond acceptors (Lipinski definition) is 5. The van der Waals surface area contributed by atoms with E-state index in [1.54, 1.807) is 18.1 Å². The van der Waals surface area contributed by atoms with E-state index in [4.69, 9.17) is 4.74 Å². The van der Waals surface area contributed by atoms with E-state index in [1.165, 1.54) is 17.0 Å². The van der Waals surface area contributed by atoms with Crippen LogP contribution in [0.4, 0.5) is 5.69 Å². The molecule has 1 fully saturated rings. The fraction of sp³-hybridized carbons (Fsp3) is 0.533. The molecule has 0 radical (unpaired) electrons. The number of hydrogen-bond donors (Lipinski definition) is 1. The third-order valence-corrected chi connectivity index (χ3v) is 8.49. The Balaban J connectivity index is 1.76. The standard InChI is InChI=1S/C30H43N3O5S/c1-5-28(30(35)31-25-12-7-6-8-13-25)32(22-24-16-18-27(38-3)19-17-24)29(34)15-10-20-33(39(4,36)37)26-14-9-11-23(2)21-26/h9,11,14,16-19,21,25,28H,5-8,10,12-13,15,20,22H2,1-4H3,(H,31,35). The third kappa shape index (κ3) is 8.98. The Hall–Kier alpha value is -3.07. The Bertz CT molecular complexity index is 1190. The van der Waals surface area contributed by atoms with Crippen molar-refractivity contribution in [1.29, 1.82) is 0 Å². The van der Waals surface area contributed by atoms with Crippen molar-refractivity contribution in [2.45, 2.75) is 83.8 Å².